The Hall–Kier alpha value is -0.610. The average Bonchev–Trinajstić information content (AvgIpc) is 2.61. The number of nitrogens with two attached hydrogens (primary N) is 1. The van der Waals surface area contributed by atoms with E-state index in [1.165, 1.54) is 20.0 Å². The average molecular weight is 201 g/mol. The van der Waals surface area contributed by atoms with Gasteiger partial charge in [-0.15, -0.1) is 0 Å². The molecule has 0 aromatic rings. The van der Waals surface area contributed by atoms with Gasteiger partial charge >= 0.3 is 5.97 Å². The Morgan fingerprint density at radius 3 is 2.57 bits per heavy atom. The molecular weight excluding hydrogens is 182 g/mol. The summed E-state index contributed by atoms with van der Waals surface area (Å²) in [4.78, 5) is 11.0. The predicted molar refractivity (Wildman–Crippen MR) is 52.8 cm³/mol. The lowest BCUT2D eigenvalue weighted by Crippen LogP contribution is -2.39. The van der Waals surface area contributed by atoms with E-state index in [0.29, 0.717) is 0 Å². The van der Waals surface area contributed by atoms with Gasteiger partial charge in [-0.1, -0.05) is 12.8 Å². The van der Waals surface area contributed by atoms with Crippen LogP contribution in [0.1, 0.15) is 32.6 Å². The molecule has 1 aliphatic carbocycles. The zero-order chi connectivity index (χ0) is 10.6. The summed E-state index contributed by atoms with van der Waals surface area (Å²) in [7, 11) is 1.33. The third-order valence-corrected chi connectivity index (χ3v) is 2.78. The maximum atomic E-state index is 11.0. The largest absolute Gasteiger partial charge is 0.468 e. The summed E-state index contributed by atoms with van der Waals surface area (Å²) in [6, 6.07) is -0.655. The first-order chi connectivity index (χ1) is 6.57. The normalized spacial score (nSPS) is 21.9. The van der Waals surface area contributed by atoms with Crippen LogP contribution in [0.15, 0.2) is 0 Å². The van der Waals surface area contributed by atoms with Gasteiger partial charge in [0.05, 0.1) is 19.3 Å². The van der Waals surface area contributed by atoms with E-state index in [1.54, 1.807) is 0 Å². The first kappa shape index (κ1) is 11.5. The number of hydrogen-bond donors (Lipinski definition) is 1. The number of ether oxygens (including phenoxy) is 2. The lowest BCUT2D eigenvalue weighted by Gasteiger charge is -2.25. The van der Waals surface area contributed by atoms with Crippen molar-refractivity contribution in [2.24, 2.45) is 5.73 Å². The summed E-state index contributed by atoms with van der Waals surface area (Å²) in [5, 5.41) is 0. The van der Waals surface area contributed by atoms with Crippen molar-refractivity contribution in [1.82, 2.24) is 0 Å². The number of carbonyl (C=O) groups excluding carboxylic acids is 1. The van der Waals surface area contributed by atoms with E-state index >= 15 is 0 Å². The van der Waals surface area contributed by atoms with Crippen molar-refractivity contribution >= 4 is 5.97 Å². The van der Waals surface area contributed by atoms with Crippen LogP contribution in [0.25, 0.3) is 0 Å². The highest BCUT2D eigenvalue weighted by molar-refractivity contribution is 5.75. The van der Waals surface area contributed by atoms with Gasteiger partial charge in [0.1, 0.15) is 6.04 Å². The molecule has 4 heteroatoms. The molecule has 2 N–H and O–H groups in total. The second kappa shape index (κ2) is 4.75. The van der Waals surface area contributed by atoms with E-state index in [9.17, 15) is 4.79 Å². The zero-order valence-corrected chi connectivity index (χ0v) is 8.91. The highest BCUT2D eigenvalue weighted by Gasteiger charge is 2.30. The van der Waals surface area contributed by atoms with Crippen LogP contribution in [0.3, 0.4) is 0 Å². The van der Waals surface area contributed by atoms with Crippen molar-refractivity contribution in [1.29, 1.82) is 0 Å². The minimum absolute atomic E-state index is 0.0777. The molecule has 0 radical (unpaired) electrons. The summed E-state index contributed by atoms with van der Waals surface area (Å²) >= 11 is 0. The molecule has 82 valence electrons. The summed E-state index contributed by atoms with van der Waals surface area (Å²) in [6.07, 6.45) is 4.51. The number of esters is 1. The molecule has 0 bridgehead atoms. The van der Waals surface area contributed by atoms with Gasteiger partial charge in [-0.05, 0) is 19.8 Å². The molecule has 0 spiro atoms. The summed E-state index contributed by atoms with van der Waals surface area (Å²) in [6.45, 7) is 2.33. The Kier molecular flexibility index (Phi) is 3.89. The number of methoxy groups -OCH3 is 1. The SMILES string of the molecule is COC(=O)[C@@H](N)COC1(C)CCCC1. The Morgan fingerprint density at radius 1 is 1.50 bits per heavy atom. The highest BCUT2D eigenvalue weighted by atomic mass is 16.5. The van der Waals surface area contributed by atoms with Crippen molar-refractivity contribution in [3.8, 4) is 0 Å². The Bertz CT molecular complexity index is 200. The molecule has 0 unspecified atom stereocenters. The quantitative estimate of drug-likeness (QED) is 0.684. The minimum Gasteiger partial charge on any atom is -0.468 e. The van der Waals surface area contributed by atoms with Crippen LogP contribution in [0, 0.1) is 0 Å². The molecule has 0 aromatic carbocycles. The van der Waals surface area contributed by atoms with Gasteiger partial charge < -0.3 is 15.2 Å². The van der Waals surface area contributed by atoms with E-state index in [4.69, 9.17) is 10.5 Å². The molecule has 1 fully saturated rings. The molecule has 1 aliphatic rings. The van der Waals surface area contributed by atoms with Gasteiger partial charge in [0.2, 0.25) is 0 Å². The third-order valence-electron chi connectivity index (χ3n) is 2.78. The maximum absolute atomic E-state index is 11.0. The molecule has 4 nitrogen and oxygen atoms in total. The minimum atomic E-state index is -0.655. The molecular formula is C10H19NO3. The van der Waals surface area contributed by atoms with Crippen LogP contribution < -0.4 is 5.73 Å². The number of rotatable bonds is 4. The molecule has 0 amide bonds. The molecule has 0 saturated heterocycles. The van der Waals surface area contributed by atoms with E-state index in [0.717, 1.165) is 12.8 Å². The second-order valence-corrected chi connectivity index (χ2v) is 4.10. The number of carbonyl (C=O) groups is 1. The van der Waals surface area contributed by atoms with Crippen LogP contribution in [0.2, 0.25) is 0 Å². The van der Waals surface area contributed by atoms with Crippen LogP contribution in [-0.4, -0.2) is 31.3 Å². The molecule has 1 saturated carbocycles. The smallest absolute Gasteiger partial charge is 0.325 e. The molecule has 14 heavy (non-hydrogen) atoms. The molecule has 0 heterocycles. The standard InChI is InChI=1S/C10H19NO3/c1-10(5-3-4-6-10)14-7-8(11)9(12)13-2/h8H,3-7,11H2,1-2H3/t8-/m0/s1. The second-order valence-electron chi connectivity index (χ2n) is 4.10. The van der Waals surface area contributed by atoms with Crippen molar-refractivity contribution in [2.45, 2.75) is 44.2 Å². The zero-order valence-electron chi connectivity index (χ0n) is 8.91. The molecule has 0 aromatic heterocycles. The summed E-state index contributed by atoms with van der Waals surface area (Å²) < 4.78 is 10.2. The maximum Gasteiger partial charge on any atom is 0.325 e. The van der Waals surface area contributed by atoms with Crippen LogP contribution in [-0.2, 0) is 14.3 Å². The molecule has 1 atom stereocenters. The molecule has 1 rings (SSSR count). The first-order valence-electron chi connectivity index (χ1n) is 5.05. The third kappa shape index (κ3) is 2.96. The van der Waals surface area contributed by atoms with E-state index < -0.39 is 12.0 Å². The fourth-order valence-corrected chi connectivity index (χ4v) is 1.78. The van der Waals surface area contributed by atoms with Gasteiger partial charge in [0, 0.05) is 0 Å². The fourth-order valence-electron chi connectivity index (χ4n) is 1.78. The van der Waals surface area contributed by atoms with Crippen LogP contribution >= 0.6 is 0 Å². The van der Waals surface area contributed by atoms with Gasteiger partial charge in [0.25, 0.3) is 0 Å². The Balaban J connectivity index is 2.28. The van der Waals surface area contributed by atoms with Crippen LogP contribution in [0.4, 0.5) is 0 Å². The monoisotopic (exact) mass is 201 g/mol. The Labute approximate surface area is 84.7 Å². The highest BCUT2D eigenvalue weighted by Crippen LogP contribution is 2.32. The Morgan fingerprint density at radius 2 is 2.07 bits per heavy atom. The van der Waals surface area contributed by atoms with Gasteiger partial charge in [-0.3, -0.25) is 4.79 Å². The first-order valence-corrected chi connectivity index (χ1v) is 5.05. The predicted octanol–water partition coefficient (Wildman–Crippen LogP) is 0.836. The van der Waals surface area contributed by atoms with E-state index in [1.807, 2.05) is 0 Å². The fraction of sp³-hybridized carbons (Fsp3) is 0.900. The van der Waals surface area contributed by atoms with Crippen molar-refractivity contribution in [3.05, 3.63) is 0 Å². The number of hydrogen-bond acceptors (Lipinski definition) is 4. The van der Waals surface area contributed by atoms with E-state index in [-0.39, 0.29) is 12.2 Å². The summed E-state index contributed by atoms with van der Waals surface area (Å²) in [5.41, 5.74) is 5.49. The molecule has 0 aliphatic heterocycles. The van der Waals surface area contributed by atoms with E-state index in [2.05, 4.69) is 11.7 Å². The van der Waals surface area contributed by atoms with Gasteiger partial charge in [0.15, 0.2) is 0 Å². The van der Waals surface area contributed by atoms with Gasteiger partial charge in [-0.25, -0.2) is 0 Å². The van der Waals surface area contributed by atoms with Crippen molar-refractivity contribution < 1.29 is 14.3 Å². The lowest BCUT2D eigenvalue weighted by molar-refractivity contribution is -0.145. The topological polar surface area (TPSA) is 61.5 Å². The van der Waals surface area contributed by atoms with Crippen molar-refractivity contribution in [3.63, 3.8) is 0 Å². The van der Waals surface area contributed by atoms with Crippen LogP contribution in [0.5, 0.6) is 0 Å². The van der Waals surface area contributed by atoms with Gasteiger partial charge in [-0.2, -0.15) is 0 Å². The lowest BCUT2D eigenvalue weighted by atomic mass is 10.1. The summed E-state index contributed by atoms with van der Waals surface area (Å²) in [5.74, 6) is -0.411. The van der Waals surface area contributed by atoms with Crippen molar-refractivity contribution in [2.75, 3.05) is 13.7 Å².